The molecule has 1 atom stereocenters. The number of H-pyrrole nitrogens is 1. The van der Waals surface area contributed by atoms with E-state index in [1.807, 2.05) is 6.92 Å². The van der Waals surface area contributed by atoms with E-state index < -0.39 is 10.0 Å². The SMILES string of the molecule is CCc1ncc(S(=O)(=O)NCCC2CCCCO2)[nH]1. The number of hydrogen-bond donors (Lipinski definition) is 2. The largest absolute Gasteiger partial charge is 0.378 e. The van der Waals surface area contributed by atoms with Gasteiger partial charge in [-0.3, -0.25) is 0 Å². The molecule has 19 heavy (non-hydrogen) atoms. The van der Waals surface area contributed by atoms with Crippen molar-refractivity contribution in [2.24, 2.45) is 0 Å². The van der Waals surface area contributed by atoms with Crippen LogP contribution in [0.3, 0.4) is 0 Å². The first-order valence-electron chi connectivity index (χ1n) is 6.77. The van der Waals surface area contributed by atoms with Crippen LogP contribution in [0.15, 0.2) is 11.2 Å². The standard InChI is InChI=1S/C12H21N3O3S/c1-2-11-13-9-12(15-11)19(16,17)14-7-6-10-5-3-4-8-18-10/h9-10,14H,2-8H2,1H3,(H,13,15). The zero-order chi connectivity index (χ0) is 13.7. The van der Waals surface area contributed by atoms with Crippen LogP contribution < -0.4 is 4.72 Å². The Balaban J connectivity index is 1.83. The molecule has 1 aromatic rings. The molecule has 0 spiro atoms. The molecular formula is C12H21N3O3S. The summed E-state index contributed by atoms with van der Waals surface area (Å²) in [4.78, 5) is 6.80. The van der Waals surface area contributed by atoms with Crippen LogP contribution in [-0.4, -0.2) is 37.6 Å². The lowest BCUT2D eigenvalue weighted by atomic mass is 10.1. The van der Waals surface area contributed by atoms with Crippen molar-refractivity contribution in [3.8, 4) is 0 Å². The van der Waals surface area contributed by atoms with Crippen LogP contribution in [0.5, 0.6) is 0 Å². The smallest absolute Gasteiger partial charge is 0.257 e. The van der Waals surface area contributed by atoms with Crippen molar-refractivity contribution in [3.05, 3.63) is 12.0 Å². The Bertz CT molecular complexity index is 492. The molecule has 0 amide bonds. The zero-order valence-corrected chi connectivity index (χ0v) is 12.0. The lowest BCUT2D eigenvalue weighted by molar-refractivity contribution is 0.0123. The van der Waals surface area contributed by atoms with Crippen molar-refractivity contribution in [3.63, 3.8) is 0 Å². The van der Waals surface area contributed by atoms with E-state index in [1.165, 1.54) is 6.20 Å². The van der Waals surface area contributed by atoms with E-state index in [0.717, 1.165) is 25.9 Å². The molecular weight excluding hydrogens is 266 g/mol. The maximum atomic E-state index is 12.0. The molecule has 2 rings (SSSR count). The van der Waals surface area contributed by atoms with Crippen molar-refractivity contribution < 1.29 is 13.2 Å². The Kier molecular flexibility index (Phi) is 4.95. The van der Waals surface area contributed by atoms with E-state index in [-0.39, 0.29) is 11.1 Å². The minimum atomic E-state index is -3.47. The van der Waals surface area contributed by atoms with Gasteiger partial charge < -0.3 is 9.72 Å². The second-order valence-corrected chi connectivity index (χ2v) is 6.46. The average molecular weight is 287 g/mol. The Morgan fingerprint density at radius 3 is 3.00 bits per heavy atom. The minimum absolute atomic E-state index is 0.133. The summed E-state index contributed by atoms with van der Waals surface area (Å²) in [6, 6.07) is 0. The fourth-order valence-electron chi connectivity index (χ4n) is 2.13. The highest BCUT2D eigenvalue weighted by molar-refractivity contribution is 7.89. The molecule has 0 aliphatic carbocycles. The third kappa shape index (κ3) is 4.02. The van der Waals surface area contributed by atoms with Crippen LogP contribution >= 0.6 is 0 Å². The van der Waals surface area contributed by atoms with Gasteiger partial charge in [-0.25, -0.2) is 18.1 Å². The number of nitrogens with zero attached hydrogens (tertiary/aromatic N) is 1. The first kappa shape index (κ1) is 14.5. The van der Waals surface area contributed by atoms with Crippen LogP contribution in [-0.2, 0) is 21.2 Å². The second kappa shape index (κ2) is 6.49. The van der Waals surface area contributed by atoms with Crippen LogP contribution in [0.1, 0.15) is 38.4 Å². The number of aromatic nitrogens is 2. The van der Waals surface area contributed by atoms with E-state index in [0.29, 0.717) is 25.2 Å². The number of hydrogen-bond acceptors (Lipinski definition) is 4. The van der Waals surface area contributed by atoms with Gasteiger partial charge in [-0.1, -0.05) is 6.92 Å². The van der Waals surface area contributed by atoms with E-state index in [9.17, 15) is 8.42 Å². The summed E-state index contributed by atoms with van der Waals surface area (Å²) in [5.74, 6) is 0.677. The summed E-state index contributed by atoms with van der Waals surface area (Å²) in [7, 11) is -3.47. The van der Waals surface area contributed by atoms with Gasteiger partial charge in [0.05, 0.1) is 12.3 Å². The second-order valence-electron chi connectivity index (χ2n) is 4.72. The molecule has 2 heterocycles. The fraction of sp³-hybridized carbons (Fsp3) is 0.750. The predicted molar refractivity (Wildman–Crippen MR) is 71.4 cm³/mol. The average Bonchev–Trinajstić information content (AvgIpc) is 2.89. The molecule has 0 aromatic carbocycles. The Morgan fingerprint density at radius 1 is 1.53 bits per heavy atom. The molecule has 1 aliphatic heterocycles. The van der Waals surface area contributed by atoms with E-state index in [4.69, 9.17) is 4.74 Å². The number of aryl methyl sites for hydroxylation is 1. The van der Waals surface area contributed by atoms with Gasteiger partial charge in [0.1, 0.15) is 5.82 Å². The summed E-state index contributed by atoms with van der Waals surface area (Å²) in [6.07, 6.45) is 6.24. The van der Waals surface area contributed by atoms with Crippen LogP contribution in [0.4, 0.5) is 0 Å². The highest BCUT2D eigenvalue weighted by Gasteiger charge is 2.18. The van der Waals surface area contributed by atoms with E-state index >= 15 is 0 Å². The topological polar surface area (TPSA) is 84.1 Å². The number of sulfonamides is 1. The lowest BCUT2D eigenvalue weighted by Gasteiger charge is -2.22. The molecule has 1 saturated heterocycles. The van der Waals surface area contributed by atoms with Crippen LogP contribution in [0.2, 0.25) is 0 Å². The molecule has 1 aliphatic rings. The molecule has 6 nitrogen and oxygen atoms in total. The minimum Gasteiger partial charge on any atom is -0.378 e. The molecule has 0 bridgehead atoms. The van der Waals surface area contributed by atoms with Gasteiger partial charge in [0.2, 0.25) is 0 Å². The Hall–Kier alpha value is -0.920. The van der Waals surface area contributed by atoms with Gasteiger partial charge in [-0.2, -0.15) is 0 Å². The van der Waals surface area contributed by atoms with Gasteiger partial charge in [0.25, 0.3) is 10.0 Å². The first-order chi connectivity index (χ1) is 9.12. The molecule has 1 aromatic heterocycles. The van der Waals surface area contributed by atoms with Gasteiger partial charge >= 0.3 is 0 Å². The predicted octanol–water partition coefficient (Wildman–Crippen LogP) is 1.21. The van der Waals surface area contributed by atoms with Crippen molar-refractivity contribution in [2.75, 3.05) is 13.2 Å². The molecule has 2 N–H and O–H groups in total. The monoisotopic (exact) mass is 287 g/mol. The molecule has 1 fully saturated rings. The van der Waals surface area contributed by atoms with E-state index in [2.05, 4.69) is 14.7 Å². The third-order valence-corrected chi connectivity index (χ3v) is 4.63. The summed E-state index contributed by atoms with van der Waals surface area (Å²) in [5.41, 5.74) is 0. The molecule has 7 heteroatoms. The number of aromatic amines is 1. The van der Waals surface area contributed by atoms with Gasteiger partial charge in [0.15, 0.2) is 5.03 Å². The summed E-state index contributed by atoms with van der Waals surface area (Å²) in [5, 5.41) is 0.133. The van der Waals surface area contributed by atoms with E-state index in [1.54, 1.807) is 0 Å². The molecule has 108 valence electrons. The molecule has 1 unspecified atom stereocenters. The van der Waals surface area contributed by atoms with Crippen molar-refractivity contribution in [1.82, 2.24) is 14.7 Å². The summed E-state index contributed by atoms with van der Waals surface area (Å²) >= 11 is 0. The summed E-state index contributed by atoms with van der Waals surface area (Å²) < 4.78 is 32.1. The zero-order valence-electron chi connectivity index (χ0n) is 11.2. The van der Waals surface area contributed by atoms with Gasteiger partial charge in [0, 0.05) is 19.6 Å². The van der Waals surface area contributed by atoms with Crippen LogP contribution in [0, 0.1) is 0 Å². The normalized spacial score (nSPS) is 20.6. The third-order valence-electron chi connectivity index (χ3n) is 3.26. The van der Waals surface area contributed by atoms with Gasteiger partial charge in [-0.05, 0) is 25.7 Å². The summed E-state index contributed by atoms with van der Waals surface area (Å²) in [6.45, 7) is 3.11. The maximum Gasteiger partial charge on any atom is 0.257 e. The number of ether oxygens (including phenoxy) is 1. The highest BCUT2D eigenvalue weighted by Crippen LogP contribution is 2.15. The number of nitrogens with one attached hydrogen (secondary N) is 2. The first-order valence-corrected chi connectivity index (χ1v) is 8.25. The van der Waals surface area contributed by atoms with Crippen LogP contribution in [0.25, 0.3) is 0 Å². The fourth-order valence-corrected chi connectivity index (χ4v) is 3.11. The lowest BCUT2D eigenvalue weighted by Crippen LogP contribution is -2.29. The molecule has 0 saturated carbocycles. The van der Waals surface area contributed by atoms with Crippen molar-refractivity contribution in [1.29, 1.82) is 0 Å². The van der Waals surface area contributed by atoms with Crippen molar-refractivity contribution in [2.45, 2.75) is 50.2 Å². The molecule has 0 radical (unpaired) electrons. The highest BCUT2D eigenvalue weighted by atomic mass is 32.2. The number of rotatable bonds is 6. The maximum absolute atomic E-state index is 12.0. The Labute approximate surface area is 114 Å². The van der Waals surface area contributed by atoms with Gasteiger partial charge in [-0.15, -0.1) is 0 Å². The quantitative estimate of drug-likeness (QED) is 0.823. The van der Waals surface area contributed by atoms with Crippen molar-refractivity contribution >= 4 is 10.0 Å². The Morgan fingerprint density at radius 2 is 2.37 bits per heavy atom. The number of imidazole rings is 1.